The first kappa shape index (κ1) is 19.0. The van der Waals surface area contributed by atoms with Crippen molar-refractivity contribution in [3.63, 3.8) is 0 Å². The Balaban J connectivity index is 2.79. The van der Waals surface area contributed by atoms with Crippen LogP contribution in [-0.2, 0) is 19.6 Å². The van der Waals surface area contributed by atoms with E-state index in [1.165, 1.54) is 6.92 Å². The number of nitrogens with one attached hydrogen (secondary N) is 2. The van der Waals surface area contributed by atoms with Crippen molar-refractivity contribution in [2.75, 3.05) is 7.11 Å². The zero-order valence-corrected chi connectivity index (χ0v) is 14.4. The molecule has 2 amide bonds. The van der Waals surface area contributed by atoms with Gasteiger partial charge in [-0.05, 0) is 37.1 Å². The van der Waals surface area contributed by atoms with Crippen molar-refractivity contribution in [1.29, 1.82) is 0 Å². The van der Waals surface area contributed by atoms with E-state index in [2.05, 4.69) is 10.1 Å². The number of urea groups is 1. The minimum absolute atomic E-state index is 0.419. The molecule has 7 nitrogen and oxygen atoms in total. The van der Waals surface area contributed by atoms with Gasteiger partial charge in [0.05, 0.1) is 12.5 Å². The lowest BCUT2D eigenvalue weighted by molar-refractivity contribution is -0.142. The highest BCUT2D eigenvalue weighted by atomic mass is 35.5. The number of sulfonamides is 1. The lowest BCUT2D eigenvalue weighted by Gasteiger charge is -2.12. The number of hydrogen-bond acceptors (Lipinski definition) is 5. The summed E-state index contributed by atoms with van der Waals surface area (Å²) in [5.74, 6) is -0.689. The molecule has 0 aromatic heterocycles. The maximum absolute atomic E-state index is 11.9. The largest absolute Gasteiger partial charge is 0.467 e. The Kier molecular flexibility index (Phi) is 6.59. The van der Waals surface area contributed by atoms with Gasteiger partial charge in [0, 0.05) is 5.02 Å². The lowest BCUT2D eigenvalue weighted by atomic mass is 10.1. The van der Waals surface area contributed by atoms with E-state index in [-0.39, 0.29) is 0 Å². The lowest BCUT2D eigenvalue weighted by Crippen LogP contribution is -2.46. The highest BCUT2D eigenvalue weighted by molar-refractivity contribution is 7.93. The number of ether oxygens (including phenoxy) is 1. The average Bonchev–Trinajstić information content (AvgIpc) is 2.45. The van der Waals surface area contributed by atoms with Crippen molar-refractivity contribution in [2.45, 2.75) is 19.9 Å². The molecule has 0 bridgehead atoms. The third kappa shape index (κ3) is 6.29. The number of rotatable bonds is 5. The standard InChI is InChI=1S/C14H17ClN2O5S/c1-9(11-4-6-12(15)7-5-11)8-23(20,21)17-14(19)16-10(2)13(18)22-3/h4-8,10H,1-3H3,(H2,16,17,19). The van der Waals surface area contributed by atoms with Gasteiger partial charge in [0.25, 0.3) is 10.0 Å². The summed E-state index contributed by atoms with van der Waals surface area (Å²) in [5.41, 5.74) is 1.06. The van der Waals surface area contributed by atoms with Gasteiger partial charge in [-0.25, -0.2) is 22.7 Å². The van der Waals surface area contributed by atoms with Crippen molar-refractivity contribution in [3.8, 4) is 0 Å². The van der Waals surface area contributed by atoms with Crippen LogP contribution < -0.4 is 10.0 Å². The minimum Gasteiger partial charge on any atom is -0.467 e. The zero-order valence-electron chi connectivity index (χ0n) is 12.8. The maximum atomic E-state index is 11.9. The van der Waals surface area contributed by atoms with E-state index in [0.717, 1.165) is 12.5 Å². The van der Waals surface area contributed by atoms with Crippen LogP contribution in [0.4, 0.5) is 4.79 Å². The fraction of sp³-hybridized carbons (Fsp3) is 0.286. The molecule has 0 fully saturated rings. The molecule has 0 saturated carbocycles. The van der Waals surface area contributed by atoms with Crippen LogP contribution in [0.5, 0.6) is 0 Å². The summed E-state index contributed by atoms with van der Waals surface area (Å²) in [6.07, 6.45) is 0. The van der Waals surface area contributed by atoms with Crippen LogP contribution in [0.2, 0.25) is 5.02 Å². The SMILES string of the molecule is COC(=O)C(C)NC(=O)NS(=O)(=O)C=C(C)c1ccc(Cl)cc1. The average molecular weight is 361 g/mol. The normalized spacial score (nSPS) is 13.1. The zero-order chi connectivity index (χ0) is 17.6. The molecule has 1 unspecified atom stereocenters. The third-order valence-electron chi connectivity index (χ3n) is 2.77. The predicted molar refractivity (Wildman–Crippen MR) is 87.2 cm³/mol. The number of methoxy groups -OCH3 is 1. The van der Waals surface area contributed by atoms with Crippen LogP contribution in [0.25, 0.3) is 5.57 Å². The number of hydrogen-bond donors (Lipinski definition) is 2. The van der Waals surface area contributed by atoms with Crippen molar-refractivity contribution in [3.05, 3.63) is 40.3 Å². The van der Waals surface area contributed by atoms with Gasteiger partial charge in [-0.15, -0.1) is 0 Å². The van der Waals surface area contributed by atoms with E-state index >= 15 is 0 Å². The molecule has 0 radical (unpaired) electrons. The molecule has 0 aliphatic carbocycles. The molecular weight excluding hydrogens is 344 g/mol. The predicted octanol–water partition coefficient (Wildman–Crippen LogP) is 1.89. The second kappa shape index (κ2) is 7.98. The molecule has 1 aromatic carbocycles. The molecule has 0 spiro atoms. The number of carbonyl (C=O) groups excluding carboxylic acids is 2. The molecule has 126 valence electrons. The van der Waals surface area contributed by atoms with E-state index in [4.69, 9.17) is 11.6 Å². The monoisotopic (exact) mass is 360 g/mol. The molecule has 9 heteroatoms. The summed E-state index contributed by atoms with van der Waals surface area (Å²) in [4.78, 5) is 22.8. The number of amides is 2. The molecule has 2 N–H and O–H groups in total. The van der Waals surface area contributed by atoms with Crippen LogP contribution in [-0.4, -0.2) is 33.6 Å². The van der Waals surface area contributed by atoms with Crippen LogP contribution in [0.3, 0.4) is 0 Å². The van der Waals surface area contributed by atoms with Gasteiger partial charge in [-0.2, -0.15) is 0 Å². The van der Waals surface area contributed by atoms with Crippen LogP contribution in [0, 0.1) is 0 Å². The van der Waals surface area contributed by atoms with E-state index < -0.39 is 28.1 Å². The molecule has 23 heavy (non-hydrogen) atoms. The highest BCUT2D eigenvalue weighted by Crippen LogP contribution is 2.17. The fourth-order valence-electron chi connectivity index (χ4n) is 1.63. The Bertz CT molecular complexity index is 713. The number of carbonyl (C=O) groups is 2. The molecular formula is C14H17ClN2O5S. The summed E-state index contributed by atoms with van der Waals surface area (Å²) in [6.45, 7) is 2.95. The van der Waals surface area contributed by atoms with Gasteiger partial charge in [-0.3, -0.25) is 0 Å². The van der Waals surface area contributed by atoms with Gasteiger partial charge in [0.15, 0.2) is 0 Å². The summed E-state index contributed by atoms with van der Waals surface area (Å²) >= 11 is 5.76. The van der Waals surface area contributed by atoms with E-state index in [0.29, 0.717) is 16.2 Å². The van der Waals surface area contributed by atoms with Gasteiger partial charge >= 0.3 is 12.0 Å². The van der Waals surface area contributed by atoms with Crippen molar-refractivity contribution in [2.24, 2.45) is 0 Å². The summed E-state index contributed by atoms with van der Waals surface area (Å²) in [6, 6.07) is 4.56. The number of allylic oxidation sites excluding steroid dienone is 1. The number of esters is 1. The van der Waals surface area contributed by atoms with Crippen LogP contribution in [0.1, 0.15) is 19.4 Å². The molecule has 0 aliphatic rings. The van der Waals surface area contributed by atoms with Gasteiger partial charge in [-0.1, -0.05) is 23.7 Å². The Labute approximate surface area is 139 Å². The second-order valence-corrected chi connectivity index (χ2v) is 6.64. The molecule has 0 aliphatic heterocycles. The van der Waals surface area contributed by atoms with E-state index in [9.17, 15) is 18.0 Å². The van der Waals surface area contributed by atoms with E-state index in [1.807, 2.05) is 0 Å². The van der Waals surface area contributed by atoms with Crippen molar-refractivity contribution in [1.82, 2.24) is 10.0 Å². The Morgan fingerprint density at radius 1 is 1.26 bits per heavy atom. The number of benzene rings is 1. The molecule has 1 atom stereocenters. The Morgan fingerprint density at radius 2 is 1.83 bits per heavy atom. The molecule has 0 saturated heterocycles. The van der Waals surface area contributed by atoms with Gasteiger partial charge in [0.1, 0.15) is 6.04 Å². The topological polar surface area (TPSA) is 102 Å². The third-order valence-corrected chi connectivity index (χ3v) is 4.15. The first-order chi connectivity index (χ1) is 10.6. The molecule has 1 aromatic rings. The quantitative estimate of drug-likeness (QED) is 0.781. The Hall–Kier alpha value is -2.06. The number of halogens is 1. The first-order valence-corrected chi connectivity index (χ1v) is 8.42. The maximum Gasteiger partial charge on any atom is 0.329 e. The van der Waals surface area contributed by atoms with Gasteiger partial charge in [0.2, 0.25) is 0 Å². The first-order valence-electron chi connectivity index (χ1n) is 6.50. The Morgan fingerprint density at radius 3 is 2.35 bits per heavy atom. The summed E-state index contributed by atoms with van der Waals surface area (Å²) in [5, 5.41) is 3.60. The van der Waals surface area contributed by atoms with Gasteiger partial charge < -0.3 is 10.1 Å². The van der Waals surface area contributed by atoms with E-state index in [1.54, 1.807) is 35.9 Å². The summed E-state index contributed by atoms with van der Waals surface area (Å²) in [7, 11) is -2.87. The van der Waals surface area contributed by atoms with Crippen molar-refractivity contribution >= 4 is 39.2 Å². The fourth-order valence-corrected chi connectivity index (χ4v) is 2.74. The highest BCUT2D eigenvalue weighted by Gasteiger charge is 2.19. The molecule has 1 rings (SSSR count). The molecule has 0 heterocycles. The smallest absolute Gasteiger partial charge is 0.329 e. The van der Waals surface area contributed by atoms with Crippen LogP contribution >= 0.6 is 11.6 Å². The second-order valence-electron chi connectivity index (χ2n) is 4.67. The minimum atomic E-state index is -4.03. The van der Waals surface area contributed by atoms with Crippen LogP contribution in [0.15, 0.2) is 29.7 Å². The summed E-state index contributed by atoms with van der Waals surface area (Å²) < 4.78 is 30.1. The van der Waals surface area contributed by atoms with Crippen molar-refractivity contribution < 1.29 is 22.7 Å².